The van der Waals surface area contributed by atoms with Gasteiger partial charge in [-0.3, -0.25) is 4.40 Å². The van der Waals surface area contributed by atoms with Crippen molar-refractivity contribution in [2.75, 3.05) is 0 Å². The molecule has 0 spiro atoms. The molecule has 178 valence electrons. The van der Waals surface area contributed by atoms with Crippen LogP contribution in [0.25, 0.3) is 71.6 Å². The summed E-state index contributed by atoms with van der Waals surface area (Å²) in [5.41, 5.74) is 14.1. The molecule has 0 fully saturated rings. The summed E-state index contributed by atoms with van der Waals surface area (Å²) in [6.07, 6.45) is 0. The fourth-order valence-corrected chi connectivity index (χ4v) is 6.98. The van der Waals surface area contributed by atoms with Gasteiger partial charge in [-0.2, -0.15) is 0 Å². The highest BCUT2D eigenvalue weighted by molar-refractivity contribution is 6.23. The van der Waals surface area contributed by atoms with Gasteiger partial charge in [-0.1, -0.05) is 86.6 Å². The summed E-state index contributed by atoms with van der Waals surface area (Å²) in [7, 11) is 0. The number of para-hydroxylation sites is 3. The Morgan fingerprint density at radius 2 is 1.29 bits per heavy atom. The molecule has 38 heavy (non-hydrogen) atoms. The largest absolute Gasteiger partial charge is 0.291 e. The van der Waals surface area contributed by atoms with Crippen LogP contribution in [-0.4, -0.2) is 14.4 Å². The van der Waals surface area contributed by atoms with Gasteiger partial charge in [-0.25, -0.2) is 9.97 Å². The molecule has 1 aliphatic rings. The summed E-state index contributed by atoms with van der Waals surface area (Å²) in [4.78, 5) is 10.3. The Morgan fingerprint density at radius 3 is 2.18 bits per heavy atom. The molecule has 0 saturated heterocycles. The molecule has 9 rings (SSSR count). The molecule has 0 amide bonds. The maximum Gasteiger partial charge on any atom is 0.165 e. The van der Waals surface area contributed by atoms with Crippen LogP contribution in [0.4, 0.5) is 0 Å². The van der Waals surface area contributed by atoms with Crippen molar-refractivity contribution in [2.45, 2.75) is 19.3 Å². The van der Waals surface area contributed by atoms with Gasteiger partial charge in [0.2, 0.25) is 0 Å². The average Bonchev–Trinajstić information content (AvgIpc) is 3.54. The number of rotatable bonds is 1. The van der Waals surface area contributed by atoms with Crippen molar-refractivity contribution in [1.29, 1.82) is 0 Å². The highest BCUT2D eigenvalue weighted by Crippen LogP contribution is 2.52. The second-order valence-corrected chi connectivity index (χ2v) is 11.1. The monoisotopic (exact) mass is 485 g/mol. The number of benzene rings is 5. The van der Waals surface area contributed by atoms with Crippen LogP contribution in [0.5, 0.6) is 0 Å². The molecule has 0 bridgehead atoms. The topological polar surface area (TPSA) is 30.2 Å². The number of hydrogen-bond donors (Lipinski definition) is 0. The van der Waals surface area contributed by atoms with E-state index in [4.69, 9.17) is 9.97 Å². The molecule has 3 aromatic heterocycles. The Kier molecular flexibility index (Phi) is 3.61. The van der Waals surface area contributed by atoms with E-state index in [-0.39, 0.29) is 5.41 Å². The van der Waals surface area contributed by atoms with Gasteiger partial charge in [0.25, 0.3) is 0 Å². The van der Waals surface area contributed by atoms with E-state index in [1.54, 1.807) is 0 Å². The van der Waals surface area contributed by atoms with Crippen LogP contribution < -0.4 is 0 Å². The van der Waals surface area contributed by atoms with Gasteiger partial charge in [0, 0.05) is 21.6 Å². The van der Waals surface area contributed by atoms with Crippen molar-refractivity contribution in [2.24, 2.45) is 0 Å². The van der Waals surface area contributed by atoms with Gasteiger partial charge >= 0.3 is 0 Å². The molecule has 3 heterocycles. The third kappa shape index (κ3) is 2.35. The molecule has 0 N–H and O–H groups in total. The SMILES string of the molecule is CC1(C)c2ccccc2-c2c(-c3cc4c5ccccc5n5c6nc7ccccc7nc6c(c3)c45)cccc21. The van der Waals surface area contributed by atoms with Gasteiger partial charge < -0.3 is 0 Å². The lowest BCUT2D eigenvalue weighted by Crippen LogP contribution is -2.14. The zero-order chi connectivity index (χ0) is 25.2. The first-order valence-electron chi connectivity index (χ1n) is 13.2. The predicted molar refractivity (Wildman–Crippen MR) is 157 cm³/mol. The van der Waals surface area contributed by atoms with Crippen LogP contribution in [0.2, 0.25) is 0 Å². The number of fused-ring (bicyclic) bond motifs is 10. The molecule has 3 nitrogen and oxygen atoms in total. The van der Waals surface area contributed by atoms with Gasteiger partial charge in [0.1, 0.15) is 5.52 Å². The Labute approximate surface area is 219 Å². The van der Waals surface area contributed by atoms with E-state index in [0.717, 1.165) is 27.6 Å². The fourth-order valence-electron chi connectivity index (χ4n) is 6.98. The van der Waals surface area contributed by atoms with Crippen LogP contribution >= 0.6 is 0 Å². The summed E-state index contributed by atoms with van der Waals surface area (Å²) in [5, 5.41) is 3.66. The lowest BCUT2D eigenvalue weighted by molar-refractivity contribution is 0.660. The summed E-state index contributed by atoms with van der Waals surface area (Å²) in [6, 6.07) is 37.3. The molecule has 0 saturated carbocycles. The van der Waals surface area contributed by atoms with Crippen LogP contribution in [0.15, 0.2) is 103 Å². The van der Waals surface area contributed by atoms with Crippen molar-refractivity contribution in [3.05, 3.63) is 114 Å². The van der Waals surface area contributed by atoms with E-state index in [1.165, 1.54) is 55.2 Å². The Morgan fingerprint density at radius 1 is 0.605 bits per heavy atom. The van der Waals surface area contributed by atoms with Crippen molar-refractivity contribution >= 4 is 49.4 Å². The van der Waals surface area contributed by atoms with Gasteiger partial charge in [0.05, 0.1) is 22.1 Å². The summed E-state index contributed by atoms with van der Waals surface area (Å²) < 4.78 is 2.31. The van der Waals surface area contributed by atoms with Crippen molar-refractivity contribution in [3.8, 4) is 22.3 Å². The van der Waals surface area contributed by atoms with Crippen molar-refractivity contribution in [1.82, 2.24) is 14.4 Å². The first kappa shape index (κ1) is 20.3. The van der Waals surface area contributed by atoms with Gasteiger partial charge in [-0.15, -0.1) is 0 Å². The van der Waals surface area contributed by atoms with E-state index in [9.17, 15) is 0 Å². The molecular weight excluding hydrogens is 462 g/mol. The minimum absolute atomic E-state index is 0.0319. The minimum atomic E-state index is -0.0319. The van der Waals surface area contributed by atoms with Crippen LogP contribution in [0.1, 0.15) is 25.0 Å². The van der Waals surface area contributed by atoms with E-state index < -0.39 is 0 Å². The molecule has 0 aliphatic heterocycles. The first-order valence-corrected chi connectivity index (χ1v) is 13.2. The molecule has 0 unspecified atom stereocenters. The van der Waals surface area contributed by atoms with E-state index in [0.29, 0.717) is 0 Å². The second kappa shape index (κ2) is 6.76. The van der Waals surface area contributed by atoms with Gasteiger partial charge in [-0.05, 0) is 63.7 Å². The normalized spacial score (nSPS) is 14.3. The third-order valence-electron chi connectivity index (χ3n) is 8.71. The Balaban J connectivity index is 1.46. The Hall–Kier alpha value is -4.76. The average molecular weight is 486 g/mol. The quantitative estimate of drug-likeness (QED) is 0.233. The number of hydrogen-bond acceptors (Lipinski definition) is 2. The van der Waals surface area contributed by atoms with Gasteiger partial charge in [0.15, 0.2) is 5.65 Å². The summed E-state index contributed by atoms with van der Waals surface area (Å²) in [5.74, 6) is 0. The second-order valence-electron chi connectivity index (χ2n) is 11.1. The standard InChI is InChI=1S/C35H23N3/c1-35(2)26-13-5-3-11-23(26)31-21(12-9-14-27(31)35)20-18-24-22-10-4-8-17-30(22)38-33(24)25(19-20)32-34(38)37-29-16-7-6-15-28(29)36-32/h3-19H,1-2H3. The number of nitrogens with zero attached hydrogens (tertiary/aromatic N) is 3. The molecule has 3 heteroatoms. The molecule has 0 radical (unpaired) electrons. The lowest BCUT2D eigenvalue weighted by Gasteiger charge is -2.21. The van der Waals surface area contributed by atoms with Crippen molar-refractivity contribution < 1.29 is 0 Å². The zero-order valence-electron chi connectivity index (χ0n) is 21.2. The summed E-state index contributed by atoms with van der Waals surface area (Å²) >= 11 is 0. The lowest BCUT2D eigenvalue weighted by atomic mass is 9.82. The maximum atomic E-state index is 5.16. The molecule has 5 aromatic carbocycles. The van der Waals surface area contributed by atoms with Crippen LogP contribution in [0.3, 0.4) is 0 Å². The molecule has 0 atom stereocenters. The summed E-state index contributed by atoms with van der Waals surface area (Å²) in [6.45, 7) is 4.68. The fraction of sp³-hybridized carbons (Fsp3) is 0.0857. The van der Waals surface area contributed by atoms with E-state index in [1.807, 2.05) is 18.2 Å². The highest BCUT2D eigenvalue weighted by Gasteiger charge is 2.36. The smallest absolute Gasteiger partial charge is 0.165 e. The van der Waals surface area contributed by atoms with Crippen LogP contribution in [-0.2, 0) is 5.41 Å². The third-order valence-corrected chi connectivity index (χ3v) is 8.71. The predicted octanol–water partition coefficient (Wildman–Crippen LogP) is 8.75. The minimum Gasteiger partial charge on any atom is -0.291 e. The van der Waals surface area contributed by atoms with E-state index >= 15 is 0 Å². The highest BCUT2D eigenvalue weighted by atomic mass is 15.0. The van der Waals surface area contributed by atoms with E-state index in [2.05, 4.69) is 103 Å². The molecular formula is C35H23N3. The molecule has 1 aliphatic carbocycles. The maximum absolute atomic E-state index is 5.16. The van der Waals surface area contributed by atoms with Crippen LogP contribution in [0, 0.1) is 0 Å². The zero-order valence-corrected chi connectivity index (χ0v) is 21.2. The molecule has 8 aromatic rings. The first-order chi connectivity index (χ1) is 18.6. The Bertz CT molecular complexity index is 2270. The van der Waals surface area contributed by atoms with Crippen molar-refractivity contribution in [3.63, 3.8) is 0 Å². The number of aromatic nitrogens is 3.